The van der Waals surface area contributed by atoms with Gasteiger partial charge in [0.25, 0.3) is 5.91 Å². The topological polar surface area (TPSA) is 64.4 Å². The molecule has 19 heavy (non-hydrogen) atoms. The van der Waals surface area contributed by atoms with Crippen LogP contribution in [0.1, 0.15) is 34.9 Å². The maximum atomic E-state index is 11.9. The molecule has 5 heteroatoms. The minimum Gasteiger partial charge on any atom is -0.497 e. The molecule has 1 amide bonds. The van der Waals surface area contributed by atoms with Gasteiger partial charge in [-0.25, -0.2) is 4.98 Å². The number of hydrogen-bond donors (Lipinski definition) is 1. The van der Waals surface area contributed by atoms with Crippen molar-refractivity contribution in [2.75, 3.05) is 7.11 Å². The van der Waals surface area contributed by atoms with Crippen LogP contribution < -0.4 is 10.1 Å². The van der Waals surface area contributed by atoms with Gasteiger partial charge in [-0.3, -0.25) is 4.79 Å². The first-order valence-corrected chi connectivity index (χ1v) is 5.97. The van der Waals surface area contributed by atoms with Gasteiger partial charge in [0.2, 0.25) is 0 Å². The Kier molecular flexibility index (Phi) is 3.85. The summed E-state index contributed by atoms with van der Waals surface area (Å²) in [4.78, 5) is 15.9. The maximum Gasteiger partial charge on any atom is 0.273 e. The molecule has 0 unspecified atom stereocenters. The van der Waals surface area contributed by atoms with Crippen LogP contribution in [0.2, 0.25) is 0 Å². The molecule has 100 valence electrons. The summed E-state index contributed by atoms with van der Waals surface area (Å²) in [6.07, 6.45) is 1.35. The number of benzene rings is 1. The van der Waals surface area contributed by atoms with E-state index < -0.39 is 0 Å². The fourth-order valence-electron chi connectivity index (χ4n) is 1.71. The maximum absolute atomic E-state index is 11.9. The molecule has 0 aliphatic carbocycles. The number of rotatable bonds is 4. The fraction of sp³-hybridized carbons (Fsp3) is 0.286. The van der Waals surface area contributed by atoms with Gasteiger partial charge in [0.15, 0.2) is 11.6 Å². The highest BCUT2D eigenvalue weighted by Crippen LogP contribution is 2.17. The number of amides is 1. The van der Waals surface area contributed by atoms with Crippen molar-refractivity contribution in [1.29, 1.82) is 0 Å². The van der Waals surface area contributed by atoms with Crippen molar-refractivity contribution in [1.82, 2.24) is 10.3 Å². The molecular weight excluding hydrogens is 244 g/mol. The Morgan fingerprint density at radius 3 is 2.58 bits per heavy atom. The van der Waals surface area contributed by atoms with Crippen LogP contribution in [0.4, 0.5) is 0 Å². The van der Waals surface area contributed by atoms with Crippen LogP contribution in [-0.2, 0) is 0 Å². The van der Waals surface area contributed by atoms with Gasteiger partial charge in [-0.05, 0) is 24.6 Å². The Bertz CT molecular complexity index is 560. The van der Waals surface area contributed by atoms with Gasteiger partial charge in [0.05, 0.1) is 13.2 Å². The molecule has 0 bridgehead atoms. The van der Waals surface area contributed by atoms with Crippen molar-refractivity contribution >= 4 is 5.91 Å². The number of aromatic nitrogens is 1. The van der Waals surface area contributed by atoms with Crippen LogP contribution in [0.25, 0.3) is 0 Å². The lowest BCUT2D eigenvalue weighted by molar-refractivity contribution is 0.0935. The number of oxazole rings is 1. The Labute approximate surface area is 111 Å². The molecule has 0 saturated carbocycles. The average Bonchev–Trinajstić information content (AvgIpc) is 2.85. The molecule has 1 aromatic carbocycles. The normalized spacial score (nSPS) is 11.9. The Morgan fingerprint density at radius 1 is 1.37 bits per heavy atom. The molecule has 0 saturated heterocycles. The third-order valence-electron chi connectivity index (χ3n) is 2.82. The van der Waals surface area contributed by atoms with Crippen molar-refractivity contribution < 1.29 is 13.9 Å². The molecule has 0 aliphatic rings. The highest BCUT2D eigenvalue weighted by molar-refractivity contribution is 5.92. The monoisotopic (exact) mass is 260 g/mol. The number of methoxy groups -OCH3 is 1. The highest BCUT2D eigenvalue weighted by Gasteiger charge is 2.14. The van der Waals surface area contributed by atoms with Crippen LogP contribution in [0.3, 0.4) is 0 Å². The predicted octanol–water partition coefficient (Wildman–Crippen LogP) is 2.48. The standard InChI is InChI=1S/C14H16N2O3/c1-9(11-4-6-12(18-3)7-5-11)15-14(17)13-8-19-10(2)16-13/h4-9H,1-3H3,(H,15,17)/t9-/m1/s1. The zero-order valence-corrected chi connectivity index (χ0v) is 11.1. The SMILES string of the molecule is COc1ccc([C@@H](C)NC(=O)c2coc(C)n2)cc1. The lowest BCUT2D eigenvalue weighted by atomic mass is 10.1. The number of carbonyl (C=O) groups is 1. The number of nitrogens with one attached hydrogen (secondary N) is 1. The largest absolute Gasteiger partial charge is 0.497 e. The van der Waals surface area contributed by atoms with Crippen molar-refractivity contribution in [3.8, 4) is 5.75 Å². The molecular formula is C14H16N2O3. The molecule has 5 nitrogen and oxygen atoms in total. The van der Waals surface area contributed by atoms with Crippen LogP contribution in [0, 0.1) is 6.92 Å². The molecule has 2 aromatic rings. The molecule has 0 fully saturated rings. The molecule has 0 radical (unpaired) electrons. The average molecular weight is 260 g/mol. The smallest absolute Gasteiger partial charge is 0.273 e. The van der Waals surface area contributed by atoms with Crippen molar-refractivity contribution in [2.24, 2.45) is 0 Å². The lowest BCUT2D eigenvalue weighted by Crippen LogP contribution is -2.26. The van der Waals surface area contributed by atoms with E-state index in [1.807, 2.05) is 31.2 Å². The molecule has 0 spiro atoms. The third-order valence-corrected chi connectivity index (χ3v) is 2.82. The summed E-state index contributed by atoms with van der Waals surface area (Å²) in [6.45, 7) is 3.61. The molecule has 1 heterocycles. The van der Waals surface area contributed by atoms with Gasteiger partial charge in [0, 0.05) is 6.92 Å². The van der Waals surface area contributed by atoms with Crippen molar-refractivity contribution in [2.45, 2.75) is 19.9 Å². The number of hydrogen-bond acceptors (Lipinski definition) is 4. The van der Waals surface area contributed by atoms with Gasteiger partial charge < -0.3 is 14.5 Å². The van der Waals surface area contributed by atoms with Gasteiger partial charge >= 0.3 is 0 Å². The summed E-state index contributed by atoms with van der Waals surface area (Å²) in [5, 5.41) is 2.86. The van der Waals surface area contributed by atoms with Gasteiger partial charge in [0.1, 0.15) is 12.0 Å². The Morgan fingerprint density at radius 2 is 2.05 bits per heavy atom. The summed E-state index contributed by atoms with van der Waals surface area (Å²) >= 11 is 0. The van der Waals surface area contributed by atoms with E-state index in [0.29, 0.717) is 5.89 Å². The number of carbonyl (C=O) groups excluding carboxylic acids is 1. The number of aryl methyl sites for hydroxylation is 1. The summed E-state index contributed by atoms with van der Waals surface area (Å²) in [5.74, 6) is 1.01. The minimum atomic E-state index is -0.250. The quantitative estimate of drug-likeness (QED) is 0.917. The zero-order chi connectivity index (χ0) is 13.8. The van der Waals surface area contributed by atoms with Gasteiger partial charge in [-0.2, -0.15) is 0 Å². The Hall–Kier alpha value is -2.30. The highest BCUT2D eigenvalue weighted by atomic mass is 16.5. The molecule has 2 rings (SSSR count). The first kappa shape index (κ1) is 13.1. The molecule has 1 atom stereocenters. The minimum absolute atomic E-state index is 0.115. The lowest BCUT2D eigenvalue weighted by Gasteiger charge is -2.13. The van der Waals surface area contributed by atoms with Crippen LogP contribution >= 0.6 is 0 Å². The van der Waals surface area contributed by atoms with Crippen LogP contribution in [0.15, 0.2) is 34.9 Å². The summed E-state index contributed by atoms with van der Waals surface area (Å²) in [7, 11) is 1.62. The number of nitrogens with zero attached hydrogens (tertiary/aromatic N) is 1. The predicted molar refractivity (Wildman–Crippen MR) is 70.1 cm³/mol. The second kappa shape index (κ2) is 5.56. The van der Waals surface area contributed by atoms with Gasteiger partial charge in [-0.15, -0.1) is 0 Å². The van der Waals surface area contributed by atoms with E-state index in [4.69, 9.17) is 9.15 Å². The second-order valence-electron chi connectivity index (χ2n) is 4.22. The van der Waals surface area contributed by atoms with E-state index in [9.17, 15) is 4.79 Å². The van der Waals surface area contributed by atoms with Gasteiger partial charge in [-0.1, -0.05) is 12.1 Å². The summed E-state index contributed by atoms with van der Waals surface area (Å²) in [5.41, 5.74) is 1.28. The van der Waals surface area contributed by atoms with E-state index in [0.717, 1.165) is 11.3 Å². The second-order valence-corrected chi connectivity index (χ2v) is 4.22. The van der Waals surface area contributed by atoms with Crippen LogP contribution in [-0.4, -0.2) is 18.0 Å². The van der Waals surface area contributed by atoms with E-state index in [-0.39, 0.29) is 17.6 Å². The fourth-order valence-corrected chi connectivity index (χ4v) is 1.71. The number of ether oxygens (including phenoxy) is 1. The van der Waals surface area contributed by atoms with E-state index in [1.54, 1.807) is 14.0 Å². The van der Waals surface area contributed by atoms with E-state index in [2.05, 4.69) is 10.3 Å². The zero-order valence-electron chi connectivity index (χ0n) is 11.1. The molecule has 1 N–H and O–H groups in total. The van der Waals surface area contributed by atoms with Crippen molar-refractivity contribution in [3.63, 3.8) is 0 Å². The molecule has 0 aliphatic heterocycles. The third kappa shape index (κ3) is 3.13. The Balaban J connectivity index is 2.03. The first-order chi connectivity index (χ1) is 9.10. The summed E-state index contributed by atoms with van der Waals surface area (Å²) in [6, 6.07) is 7.43. The van der Waals surface area contributed by atoms with Crippen molar-refractivity contribution in [3.05, 3.63) is 47.7 Å². The molecule has 1 aromatic heterocycles. The van der Waals surface area contributed by atoms with E-state index in [1.165, 1.54) is 6.26 Å². The summed E-state index contributed by atoms with van der Waals surface area (Å²) < 4.78 is 10.1. The van der Waals surface area contributed by atoms with E-state index >= 15 is 0 Å². The first-order valence-electron chi connectivity index (χ1n) is 5.97. The van der Waals surface area contributed by atoms with Crippen LogP contribution in [0.5, 0.6) is 5.75 Å².